The average Bonchev–Trinajstić information content (AvgIpc) is 2.97. The number of hydrogen-bond donors (Lipinski definition) is 1. The molecule has 0 aliphatic carbocycles. The molecule has 0 fully saturated rings. The number of amides is 1. The number of furan rings is 1. The lowest BCUT2D eigenvalue weighted by atomic mass is 10.0. The molecule has 1 N–H and O–H groups in total. The molecule has 0 saturated carbocycles. The number of rotatable bonds is 5. The number of benzene rings is 2. The van der Waals surface area contributed by atoms with Gasteiger partial charge in [-0.15, -0.1) is 0 Å². The van der Waals surface area contributed by atoms with Crippen LogP contribution in [0.25, 0.3) is 11.0 Å². The lowest BCUT2D eigenvalue weighted by Gasteiger charge is -2.11. The van der Waals surface area contributed by atoms with Crippen LogP contribution in [0, 0.1) is 13.8 Å². The molecule has 1 heterocycles. The van der Waals surface area contributed by atoms with E-state index >= 15 is 0 Å². The second-order valence-electron chi connectivity index (χ2n) is 6.22. The van der Waals surface area contributed by atoms with Crippen molar-refractivity contribution in [3.8, 4) is 0 Å². The molecule has 3 aromatic rings. The molecule has 0 atom stereocenters. The smallest absolute Gasteiger partial charge is 0.341 e. The van der Waals surface area contributed by atoms with Gasteiger partial charge in [0.1, 0.15) is 5.58 Å². The number of carbonyl (C=O) groups is 1. The van der Waals surface area contributed by atoms with Crippen molar-refractivity contribution in [2.45, 2.75) is 30.9 Å². The van der Waals surface area contributed by atoms with Crippen LogP contribution >= 0.6 is 0 Å². The average molecular weight is 393 g/mol. The maximum absolute atomic E-state index is 12.9. The van der Waals surface area contributed by atoms with Crippen LogP contribution in [0.2, 0.25) is 0 Å². The molecule has 27 heavy (non-hydrogen) atoms. The highest BCUT2D eigenvalue weighted by atomic mass is 32.2. The van der Waals surface area contributed by atoms with E-state index in [1.54, 1.807) is 0 Å². The van der Waals surface area contributed by atoms with Crippen molar-refractivity contribution in [1.29, 1.82) is 0 Å². The van der Waals surface area contributed by atoms with Crippen LogP contribution in [-0.4, -0.2) is 20.1 Å². The summed E-state index contributed by atoms with van der Waals surface area (Å²) in [5, 5.41) is 3.19. The molecule has 1 amide bonds. The van der Waals surface area contributed by atoms with E-state index in [2.05, 4.69) is 5.32 Å². The summed E-state index contributed by atoms with van der Waals surface area (Å²) in [7, 11) is -4.83. The summed E-state index contributed by atoms with van der Waals surface area (Å²) in [6.07, 6.45) is 1.38. The largest absolute Gasteiger partial charge is 0.464 e. The third-order valence-electron chi connectivity index (χ3n) is 4.32. The number of anilines is 1. The molecular weight excluding hydrogens is 376 g/mol. The SMILES string of the molecule is Cc1cc2occ(CC(=O)Nc3ccccc3S(=O)(=O)C(F)F)c2cc1C. The third kappa shape index (κ3) is 3.71. The van der Waals surface area contributed by atoms with Crippen molar-refractivity contribution < 1.29 is 26.4 Å². The molecule has 0 bridgehead atoms. The Morgan fingerprint density at radius 3 is 2.52 bits per heavy atom. The molecule has 0 aliphatic heterocycles. The number of aryl methyl sites for hydroxylation is 2. The number of nitrogens with one attached hydrogen (secondary N) is 1. The Bertz CT molecular complexity index is 1120. The first kappa shape index (κ1) is 19.0. The van der Waals surface area contributed by atoms with Crippen LogP contribution in [0.3, 0.4) is 0 Å². The molecule has 0 aliphatic rings. The zero-order chi connectivity index (χ0) is 19.8. The van der Waals surface area contributed by atoms with Crippen LogP contribution in [0.5, 0.6) is 0 Å². The minimum Gasteiger partial charge on any atom is -0.464 e. The fourth-order valence-corrected chi connectivity index (χ4v) is 3.64. The summed E-state index contributed by atoms with van der Waals surface area (Å²) in [5.41, 5.74) is 3.18. The van der Waals surface area contributed by atoms with Crippen molar-refractivity contribution in [2.75, 3.05) is 5.32 Å². The molecule has 0 spiro atoms. The van der Waals surface area contributed by atoms with Crippen molar-refractivity contribution >= 4 is 32.4 Å². The topological polar surface area (TPSA) is 76.4 Å². The third-order valence-corrected chi connectivity index (χ3v) is 5.76. The van der Waals surface area contributed by atoms with Gasteiger partial charge < -0.3 is 9.73 Å². The zero-order valence-corrected chi connectivity index (χ0v) is 15.4. The number of halogens is 2. The minimum atomic E-state index is -4.83. The highest BCUT2D eigenvalue weighted by Gasteiger charge is 2.29. The van der Waals surface area contributed by atoms with E-state index in [-0.39, 0.29) is 12.1 Å². The van der Waals surface area contributed by atoms with E-state index in [9.17, 15) is 22.0 Å². The Morgan fingerprint density at radius 2 is 1.81 bits per heavy atom. The maximum Gasteiger partial charge on any atom is 0.341 e. The van der Waals surface area contributed by atoms with Gasteiger partial charge in [0.05, 0.1) is 23.3 Å². The first-order valence-electron chi connectivity index (χ1n) is 8.08. The molecule has 0 saturated heterocycles. The maximum atomic E-state index is 12.9. The van der Waals surface area contributed by atoms with E-state index in [4.69, 9.17) is 4.42 Å². The fraction of sp³-hybridized carbons (Fsp3) is 0.211. The monoisotopic (exact) mass is 393 g/mol. The van der Waals surface area contributed by atoms with Gasteiger partial charge in [-0.1, -0.05) is 12.1 Å². The van der Waals surface area contributed by atoms with E-state index in [1.807, 2.05) is 26.0 Å². The quantitative estimate of drug-likeness (QED) is 0.704. The number of carbonyl (C=O) groups excluding carboxylic acids is 1. The van der Waals surface area contributed by atoms with Crippen LogP contribution < -0.4 is 5.32 Å². The Morgan fingerprint density at radius 1 is 1.15 bits per heavy atom. The molecule has 142 valence electrons. The van der Waals surface area contributed by atoms with Gasteiger partial charge in [-0.3, -0.25) is 4.79 Å². The zero-order valence-electron chi connectivity index (χ0n) is 14.6. The molecule has 0 radical (unpaired) electrons. The van der Waals surface area contributed by atoms with Gasteiger partial charge in [0.25, 0.3) is 0 Å². The van der Waals surface area contributed by atoms with Crippen LogP contribution in [0.15, 0.2) is 52.0 Å². The lowest BCUT2D eigenvalue weighted by molar-refractivity contribution is -0.115. The van der Waals surface area contributed by atoms with Gasteiger partial charge in [-0.05, 0) is 49.2 Å². The number of fused-ring (bicyclic) bond motifs is 1. The van der Waals surface area contributed by atoms with E-state index in [0.29, 0.717) is 11.1 Å². The molecule has 0 unspecified atom stereocenters. The molecule has 8 heteroatoms. The Kier molecular flexibility index (Phi) is 5.01. The summed E-state index contributed by atoms with van der Waals surface area (Å²) in [6.45, 7) is 3.89. The predicted octanol–water partition coefficient (Wildman–Crippen LogP) is 4.23. The number of alkyl halides is 2. The summed E-state index contributed by atoms with van der Waals surface area (Å²) < 4.78 is 54.7. The minimum absolute atomic E-state index is 0.0848. The summed E-state index contributed by atoms with van der Waals surface area (Å²) in [6, 6.07) is 8.87. The van der Waals surface area contributed by atoms with Crippen molar-refractivity contribution in [3.63, 3.8) is 0 Å². The number of para-hydroxylation sites is 1. The van der Waals surface area contributed by atoms with Gasteiger partial charge in [0.2, 0.25) is 15.7 Å². The van der Waals surface area contributed by atoms with Crippen LogP contribution in [0.4, 0.5) is 14.5 Å². The lowest BCUT2D eigenvalue weighted by Crippen LogP contribution is -2.19. The number of sulfone groups is 1. The number of hydrogen-bond acceptors (Lipinski definition) is 4. The van der Waals surface area contributed by atoms with Crippen molar-refractivity contribution in [2.24, 2.45) is 0 Å². The Hall–Kier alpha value is -2.74. The molecule has 3 rings (SSSR count). The van der Waals surface area contributed by atoms with Gasteiger partial charge >= 0.3 is 5.76 Å². The van der Waals surface area contributed by atoms with Gasteiger partial charge in [-0.2, -0.15) is 8.78 Å². The first-order chi connectivity index (χ1) is 12.7. The van der Waals surface area contributed by atoms with Crippen LogP contribution in [-0.2, 0) is 21.1 Å². The second-order valence-corrected chi connectivity index (χ2v) is 8.11. The van der Waals surface area contributed by atoms with Crippen molar-refractivity contribution in [3.05, 3.63) is 59.4 Å². The Balaban J connectivity index is 1.87. The van der Waals surface area contributed by atoms with Crippen molar-refractivity contribution in [1.82, 2.24) is 0 Å². The summed E-state index contributed by atoms with van der Waals surface area (Å²) >= 11 is 0. The molecule has 5 nitrogen and oxygen atoms in total. The standard InChI is InChI=1S/C19H17F2NO4S/c1-11-7-14-13(10-26-16(14)8-12(11)2)9-18(23)22-15-5-3-4-6-17(15)27(24,25)19(20)21/h3-8,10,19H,9H2,1-2H3,(H,22,23). The van der Waals surface area contributed by atoms with Gasteiger partial charge in [0.15, 0.2) is 0 Å². The fourth-order valence-electron chi connectivity index (χ4n) is 2.75. The Labute approximate surface area is 154 Å². The normalized spacial score (nSPS) is 11.9. The summed E-state index contributed by atoms with van der Waals surface area (Å²) in [5.74, 6) is -4.10. The predicted molar refractivity (Wildman–Crippen MR) is 97.7 cm³/mol. The molecule has 1 aromatic heterocycles. The van der Waals surface area contributed by atoms with Gasteiger partial charge in [0, 0.05) is 10.9 Å². The summed E-state index contributed by atoms with van der Waals surface area (Å²) in [4.78, 5) is 11.8. The molecule has 2 aromatic carbocycles. The highest BCUT2D eigenvalue weighted by Crippen LogP contribution is 2.28. The van der Waals surface area contributed by atoms with E-state index < -0.39 is 26.4 Å². The van der Waals surface area contributed by atoms with E-state index in [0.717, 1.165) is 22.6 Å². The first-order valence-corrected chi connectivity index (χ1v) is 9.63. The van der Waals surface area contributed by atoms with Crippen LogP contribution in [0.1, 0.15) is 16.7 Å². The van der Waals surface area contributed by atoms with Gasteiger partial charge in [-0.25, -0.2) is 8.42 Å². The van der Waals surface area contributed by atoms with E-state index in [1.165, 1.54) is 24.5 Å². The molecular formula is C19H17F2NO4S. The second kappa shape index (κ2) is 7.11. The highest BCUT2D eigenvalue weighted by molar-refractivity contribution is 7.91.